The van der Waals surface area contributed by atoms with E-state index in [0.29, 0.717) is 18.9 Å². The van der Waals surface area contributed by atoms with Gasteiger partial charge in [-0.3, -0.25) is 10.1 Å². The fraction of sp³-hybridized carbons (Fsp3) is 0.636. The average molecular weight is 317 g/mol. The van der Waals surface area contributed by atoms with E-state index in [0.717, 1.165) is 6.26 Å². The molecule has 0 aliphatic rings. The van der Waals surface area contributed by atoms with Crippen LogP contribution in [0.2, 0.25) is 0 Å². The normalized spacial score (nSPS) is 11.2. The molecule has 1 aromatic rings. The minimum atomic E-state index is -3.05. The molecule has 1 rings (SSSR count). The van der Waals surface area contributed by atoms with E-state index in [4.69, 9.17) is 0 Å². The van der Waals surface area contributed by atoms with Gasteiger partial charge in [-0.1, -0.05) is 0 Å². The first-order chi connectivity index (χ1) is 9.74. The maximum absolute atomic E-state index is 11.1. The molecule has 0 amide bonds. The second-order valence-electron chi connectivity index (χ2n) is 4.53. The Morgan fingerprint density at radius 1 is 1.29 bits per heavy atom. The molecular weight excluding hydrogens is 298 g/mol. The number of hydrogen-bond donors (Lipinski definition) is 2. The second-order valence-corrected chi connectivity index (χ2v) is 6.79. The summed E-state index contributed by atoms with van der Waals surface area (Å²) in [5.74, 6) is 0.404. The molecule has 0 saturated heterocycles. The first kappa shape index (κ1) is 17.1. The molecule has 0 atom stereocenters. The predicted molar refractivity (Wildman–Crippen MR) is 80.4 cm³/mol. The molecule has 9 nitrogen and oxygen atoms in total. The van der Waals surface area contributed by atoms with Crippen molar-refractivity contribution < 1.29 is 13.3 Å². The van der Waals surface area contributed by atoms with Crippen LogP contribution in [-0.2, 0) is 9.84 Å². The largest absolute Gasteiger partial charge is 0.364 e. The molecule has 1 aromatic heterocycles. The van der Waals surface area contributed by atoms with Crippen LogP contribution in [-0.4, -0.2) is 48.4 Å². The standard InChI is InChI=1S/C11H19N5O4S/c1-4-12-11-14-8(2)9(16(17)18)10(15-11)13-6-5-7-21(3,19)20/h4-7H2,1-3H3,(H2,12,13,14,15). The summed E-state index contributed by atoms with van der Waals surface area (Å²) in [4.78, 5) is 18.6. The highest BCUT2D eigenvalue weighted by Gasteiger charge is 2.21. The lowest BCUT2D eigenvalue weighted by Gasteiger charge is -2.09. The fourth-order valence-corrected chi connectivity index (χ4v) is 2.36. The minimum Gasteiger partial charge on any atom is -0.364 e. The molecule has 0 saturated carbocycles. The van der Waals surface area contributed by atoms with Crippen LogP contribution in [0.3, 0.4) is 0 Å². The van der Waals surface area contributed by atoms with E-state index < -0.39 is 14.8 Å². The molecule has 0 radical (unpaired) electrons. The summed E-state index contributed by atoms with van der Waals surface area (Å²) in [6.45, 7) is 4.25. The third-order valence-corrected chi connectivity index (χ3v) is 3.59. The van der Waals surface area contributed by atoms with Gasteiger partial charge in [-0.05, 0) is 20.3 Å². The van der Waals surface area contributed by atoms with Crippen LogP contribution in [0.5, 0.6) is 0 Å². The zero-order valence-electron chi connectivity index (χ0n) is 12.2. The summed E-state index contributed by atoms with van der Waals surface area (Å²) in [6, 6.07) is 0. The van der Waals surface area contributed by atoms with Gasteiger partial charge < -0.3 is 10.6 Å². The maximum Gasteiger partial charge on any atom is 0.332 e. The van der Waals surface area contributed by atoms with E-state index in [9.17, 15) is 18.5 Å². The number of anilines is 2. The van der Waals surface area contributed by atoms with Crippen LogP contribution >= 0.6 is 0 Å². The van der Waals surface area contributed by atoms with E-state index in [1.165, 1.54) is 6.92 Å². The molecule has 0 aliphatic heterocycles. The summed E-state index contributed by atoms with van der Waals surface area (Å²) in [6.07, 6.45) is 1.49. The molecule has 0 bridgehead atoms. The Bertz CT molecular complexity index is 617. The third kappa shape index (κ3) is 5.50. The zero-order chi connectivity index (χ0) is 16.0. The Balaban J connectivity index is 2.89. The first-order valence-electron chi connectivity index (χ1n) is 6.43. The van der Waals surface area contributed by atoms with E-state index in [-0.39, 0.29) is 29.5 Å². The molecule has 0 spiro atoms. The van der Waals surface area contributed by atoms with Crippen molar-refractivity contribution in [3.8, 4) is 0 Å². The number of sulfone groups is 1. The van der Waals surface area contributed by atoms with Crippen molar-refractivity contribution in [1.29, 1.82) is 0 Å². The van der Waals surface area contributed by atoms with Gasteiger partial charge in [0.25, 0.3) is 0 Å². The molecule has 0 fully saturated rings. The number of nitrogens with zero attached hydrogens (tertiary/aromatic N) is 3. The lowest BCUT2D eigenvalue weighted by atomic mass is 10.3. The fourth-order valence-electron chi connectivity index (χ4n) is 1.69. The Morgan fingerprint density at radius 3 is 2.48 bits per heavy atom. The van der Waals surface area contributed by atoms with Gasteiger partial charge in [-0.15, -0.1) is 0 Å². The van der Waals surface area contributed by atoms with Crippen LogP contribution in [0.4, 0.5) is 17.5 Å². The second kappa shape index (κ2) is 7.16. The first-order valence-corrected chi connectivity index (χ1v) is 8.49. The number of aromatic nitrogens is 2. The molecule has 0 unspecified atom stereocenters. The van der Waals surface area contributed by atoms with Crippen LogP contribution in [0.15, 0.2) is 0 Å². The molecule has 10 heteroatoms. The SMILES string of the molecule is CCNc1nc(C)c([N+](=O)[O-])c(NCCCS(C)(=O)=O)n1. The Kier molecular flexibility index (Phi) is 5.82. The maximum atomic E-state index is 11.1. The van der Waals surface area contributed by atoms with Crippen molar-refractivity contribution in [2.75, 3.05) is 35.7 Å². The van der Waals surface area contributed by atoms with Crippen molar-refractivity contribution >= 4 is 27.3 Å². The molecule has 0 aromatic carbocycles. The van der Waals surface area contributed by atoms with Crippen LogP contribution in [0.25, 0.3) is 0 Å². The molecule has 2 N–H and O–H groups in total. The van der Waals surface area contributed by atoms with Gasteiger partial charge in [0.1, 0.15) is 15.5 Å². The highest BCUT2D eigenvalue weighted by atomic mass is 32.2. The molecule has 21 heavy (non-hydrogen) atoms. The van der Waals surface area contributed by atoms with Crippen molar-refractivity contribution in [1.82, 2.24) is 9.97 Å². The molecule has 0 aliphatic carbocycles. The summed E-state index contributed by atoms with van der Waals surface area (Å²) >= 11 is 0. The van der Waals surface area contributed by atoms with Crippen molar-refractivity contribution in [3.63, 3.8) is 0 Å². The number of hydrogen-bond acceptors (Lipinski definition) is 8. The zero-order valence-corrected chi connectivity index (χ0v) is 13.0. The van der Waals surface area contributed by atoms with Crippen LogP contribution in [0, 0.1) is 17.0 Å². The van der Waals surface area contributed by atoms with E-state index >= 15 is 0 Å². The Labute approximate surface area is 123 Å². The Hall–Kier alpha value is -1.97. The number of aryl methyl sites for hydroxylation is 1. The lowest BCUT2D eigenvalue weighted by Crippen LogP contribution is -2.14. The quantitative estimate of drug-likeness (QED) is 0.412. The molecule has 1 heterocycles. The van der Waals surface area contributed by atoms with Gasteiger partial charge in [0, 0.05) is 19.3 Å². The third-order valence-electron chi connectivity index (χ3n) is 2.56. The summed E-state index contributed by atoms with van der Waals surface area (Å²) in [7, 11) is -3.05. The van der Waals surface area contributed by atoms with Gasteiger partial charge in [0.2, 0.25) is 11.8 Å². The van der Waals surface area contributed by atoms with Gasteiger partial charge in [-0.25, -0.2) is 13.4 Å². The predicted octanol–water partition coefficient (Wildman–Crippen LogP) is 0.972. The van der Waals surface area contributed by atoms with E-state index in [1.807, 2.05) is 6.92 Å². The average Bonchev–Trinajstić information content (AvgIpc) is 2.33. The highest BCUT2D eigenvalue weighted by Crippen LogP contribution is 2.26. The molecular formula is C11H19N5O4S. The van der Waals surface area contributed by atoms with Gasteiger partial charge >= 0.3 is 5.69 Å². The van der Waals surface area contributed by atoms with Gasteiger partial charge in [-0.2, -0.15) is 4.98 Å². The highest BCUT2D eigenvalue weighted by molar-refractivity contribution is 7.90. The van der Waals surface area contributed by atoms with Crippen LogP contribution < -0.4 is 10.6 Å². The number of nitrogens with one attached hydrogen (secondary N) is 2. The summed E-state index contributed by atoms with van der Waals surface area (Å²) in [5.41, 5.74) is 0.0487. The van der Waals surface area contributed by atoms with Gasteiger partial charge in [0.15, 0.2) is 0 Å². The van der Waals surface area contributed by atoms with Crippen molar-refractivity contribution in [3.05, 3.63) is 15.8 Å². The van der Waals surface area contributed by atoms with E-state index in [2.05, 4.69) is 20.6 Å². The van der Waals surface area contributed by atoms with Crippen LogP contribution in [0.1, 0.15) is 19.0 Å². The van der Waals surface area contributed by atoms with Gasteiger partial charge in [0.05, 0.1) is 10.7 Å². The lowest BCUT2D eigenvalue weighted by molar-refractivity contribution is -0.385. The summed E-state index contributed by atoms with van der Waals surface area (Å²) < 4.78 is 22.1. The Morgan fingerprint density at radius 2 is 1.95 bits per heavy atom. The number of rotatable bonds is 8. The minimum absolute atomic E-state index is 0.0118. The monoisotopic (exact) mass is 317 g/mol. The molecule has 118 valence electrons. The van der Waals surface area contributed by atoms with Crippen molar-refractivity contribution in [2.24, 2.45) is 0 Å². The number of nitro groups is 1. The summed E-state index contributed by atoms with van der Waals surface area (Å²) in [5, 5.41) is 16.8. The smallest absolute Gasteiger partial charge is 0.332 e. The van der Waals surface area contributed by atoms with E-state index in [1.54, 1.807) is 0 Å². The van der Waals surface area contributed by atoms with Crippen molar-refractivity contribution in [2.45, 2.75) is 20.3 Å². The topological polar surface area (TPSA) is 127 Å².